The van der Waals surface area contributed by atoms with E-state index in [0.29, 0.717) is 16.7 Å². The molecule has 0 radical (unpaired) electrons. The predicted molar refractivity (Wildman–Crippen MR) is 79.9 cm³/mol. The lowest BCUT2D eigenvalue weighted by Gasteiger charge is -2.17. The summed E-state index contributed by atoms with van der Waals surface area (Å²) in [4.78, 5) is 21.0. The van der Waals surface area contributed by atoms with E-state index in [1.807, 2.05) is 6.92 Å². The van der Waals surface area contributed by atoms with Crippen LogP contribution in [-0.4, -0.2) is 33.2 Å². The lowest BCUT2D eigenvalue weighted by atomic mass is 10.3. The van der Waals surface area contributed by atoms with E-state index in [2.05, 4.69) is 5.10 Å². The van der Waals surface area contributed by atoms with Gasteiger partial charge in [0.15, 0.2) is 0 Å². The maximum Gasteiger partial charge on any atom is 0.132 e. The summed E-state index contributed by atoms with van der Waals surface area (Å²) in [5.41, 5.74) is 1.54. The summed E-state index contributed by atoms with van der Waals surface area (Å²) in [6, 6.07) is 0. The molecule has 0 aliphatic rings. The minimum Gasteiger partial charge on any atom is -0.550 e. The van der Waals surface area contributed by atoms with Gasteiger partial charge in [-0.25, -0.2) is 0 Å². The number of carbonyl (C=O) groups is 2. The zero-order valence-electron chi connectivity index (χ0n) is 11.6. The van der Waals surface area contributed by atoms with E-state index in [1.54, 1.807) is 7.05 Å². The van der Waals surface area contributed by atoms with Crippen molar-refractivity contribution in [1.29, 1.82) is 0 Å². The van der Waals surface area contributed by atoms with Gasteiger partial charge >= 0.3 is 0 Å². The van der Waals surface area contributed by atoms with E-state index in [9.17, 15) is 19.8 Å². The Kier molecular flexibility index (Phi) is 7.41. The van der Waals surface area contributed by atoms with E-state index in [-0.39, 0.29) is 17.4 Å². The molecule has 1 aromatic heterocycles. The Morgan fingerprint density at radius 3 is 2.05 bits per heavy atom. The normalized spacial score (nSPS) is 11.0. The predicted octanol–water partition coefficient (Wildman–Crippen LogP) is 0.127. The largest absolute Gasteiger partial charge is 0.550 e. The number of aryl methyl sites for hydroxylation is 2. The summed E-state index contributed by atoms with van der Waals surface area (Å²) in [5.74, 6) is -1.52. The van der Waals surface area contributed by atoms with Gasteiger partial charge in [0.1, 0.15) is 5.15 Å². The molecule has 6 nitrogen and oxygen atoms in total. The van der Waals surface area contributed by atoms with Gasteiger partial charge in [0.2, 0.25) is 0 Å². The van der Waals surface area contributed by atoms with Crippen LogP contribution in [0.4, 0.5) is 0 Å². The van der Waals surface area contributed by atoms with Gasteiger partial charge in [-0.05, 0) is 31.3 Å². The maximum absolute atomic E-state index is 10.5. The molecule has 0 saturated carbocycles. The third kappa shape index (κ3) is 5.80. The molecule has 0 bridgehead atoms. The molecule has 1 heterocycles. The molecule has 0 saturated heterocycles. The Bertz CT molecular complexity index is 502. The van der Waals surface area contributed by atoms with E-state index in [0.717, 1.165) is 11.3 Å². The Morgan fingerprint density at radius 2 is 1.71 bits per heavy atom. The number of carboxylic acid groups (broad SMARTS) is 2. The van der Waals surface area contributed by atoms with E-state index in [4.69, 9.17) is 11.6 Å². The Hall–Kier alpha value is -0.860. The average molecular weight is 351 g/mol. The van der Waals surface area contributed by atoms with Crippen molar-refractivity contribution >= 4 is 47.1 Å². The van der Waals surface area contributed by atoms with Crippen LogP contribution in [0.5, 0.6) is 0 Å². The second-order valence-corrected chi connectivity index (χ2v) is 7.31. The Morgan fingerprint density at radius 1 is 1.24 bits per heavy atom. The fraction of sp³-hybridized carbons (Fsp3) is 0.583. The van der Waals surface area contributed by atoms with Crippen LogP contribution in [0, 0.1) is 6.92 Å². The molecule has 118 valence electrons. The van der Waals surface area contributed by atoms with Gasteiger partial charge < -0.3 is 19.8 Å². The van der Waals surface area contributed by atoms with E-state index >= 15 is 0 Å². The van der Waals surface area contributed by atoms with Crippen molar-refractivity contribution in [1.82, 2.24) is 9.78 Å². The highest BCUT2D eigenvalue weighted by molar-refractivity contribution is 8.16. The molecule has 0 spiro atoms. The number of thioether (sulfide) groups is 2. The van der Waals surface area contributed by atoms with Crippen LogP contribution >= 0.6 is 35.1 Å². The first kappa shape index (κ1) is 18.2. The van der Waals surface area contributed by atoms with E-state index in [1.165, 1.54) is 28.2 Å². The number of carbonyl (C=O) groups excluding carboxylic acids is 2. The summed E-state index contributed by atoms with van der Waals surface area (Å²) >= 11 is 8.98. The van der Waals surface area contributed by atoms with Gasteiger partial charge in [-0.15, -0.1) is 23.5 Å². The quantitative estimate of drug-likeness (QED) is 0.583. The highest BCUT2D eigenvalue weighted by Crippen LogP contribution is 2.44. The van der Waals surface area contributed by atoms with Gasteiger partial charge in [-0.2, -0.15) is 5.10 Å². The molecular weight excluding hydrogens is 336 g/mol. The Balaban J connectivity index is 2.79. The van der Waals surface area contributed by atoms with Gasteiger partial charge in [0, 0.05) is 24.5 Å². The van der Waals surface area contributed by atoms with Crippen LogP contribution in [0.3, 0.4) is 0 Å². The van der Waals surface area contributed by atoms with Crippen molar-refractivity contribution in [3.63, 3.8) is 0 Å². The molecule has 1 aromatic rings. The van der Waals surface area contributed by atoms with Gasteiger partial charge in [0.25, 0.3) is 0 Å². The minimum absolute atomic E-state index is 0.0703. The number of hydrogen-bond acceptors (Lipinski definition) is 7. The smallest absolute Gasteiger partial charge is 0.132 e. The SMILES string of the molecule is Cc1nn(C)c(Cl)c1C(SCCC(=O)[O-])SCCC(=O)[O-]. The van der Waals surface area contributed by atoms with Crippen molar-refractivity contribution < 1.29 is 19.8 Å². The number of halogens is 1. The summed E-state index contributed by atoms with van der Waals surface area (Å²) in [6.07, 6.45) is -0.141. The highest BCUT2D eigenvalue weighted by atomic mass is 35.5. The highest BCUT2D eigenvalue weighted by Gasteiger charge is 2.22. The number of carboxylic acids is 2. The Labute approximate surface area is 136 Å². The van der Waals surface area contributed by atoms with Crippen molar-refractivity contribution in [2.45, 2.75) is 24.3 Å². The second kappa shape index (κ2) is 8.55. The molecule has 0 N–H and O–H groups in total. The van der Waals surface area contributed by atoms with Crippen molar-refractivity contribution in [2.75, 3.05) is 11.5 Å². The van der Waals surface area contributed by atoms with Gasteiger partial charge in [-0.1, -0.05) is 11.6 Å². The third-order valence-corrected chi connectivity index (χ3v) is 5.80. The molecule has 0 aliphatic carbocycles. The average Bonchev–Trinajstić information content (AvgIpc) is 2.61. The molecule has 1 rings (SSSR count). The molecule has 0 atom stereocenters. The van der Waals surface area contributed by atoms with Crippen LogP contribution in [-0.2, 0) is 16.6 Å². The minimum atomic E-state index is -1.12. The zero-order valence-corrected chi connectivity index (χ0v) is 14.0. The van der Waals surface area contributed by atoms with Gasteiger partial charge in [-0.3, -0.25) is 4.68 Å². The molecule has 0 aromatic carbocycles. The maximum atomic E-state index is 10.5. The van der Waals surface area contributed by atoms with Crippen molar-refractivity contribution in [3.05, 3.63) is 16.4 Å². The molecular formula is C12H15ClN2O4S2-2. The van der Waals surface area contributed by atoms with Crippen LogP contribution in [0.25, 0.3) is 0 Å². The fourth-order valence-electron chi connectivity index (χ4n) is 1.63. The molecule has 21 heavy (non-hydrogen) atoms. The first-order valence-corrected chi connectivity index (χ1v) is 8.62. The zero-order chi connectivity index (χ0) is 16.0. The van der Waals surface area contributed by atoms with Crippen LogP contribution in [0.2, 0.25) is 5.15 Å². The van der Waals surface area contributed by atoms with Crippen LogP contribution < -0.4 is 10.2 Å². The standard InChI is InChI=1S/C12H17ClN2O4S2/c1-7-10(11(13)15(2)14-7)12(20-5-3-8(16)17)21-6-4-9(18)19/h12H,3-6H2,1-2H3,(H,16,17)(H,18,19)/p-2. The van der Waals surface area contributed by atoms with Crippen LogP contribution in [0.15, 0.2) is 0 Å². The molecule has 0 amide bonds. The molecule has 0 unspecified atom stereocenters. The molecule has 0 aliphatic heterocycles. The topological polar surface area (TPSA) is 98.1 Å². The third-order valence-electron chi connectivity index (χ3n) is 2.58. The second-order valence-electron chi connectivity index (χ2n) is 4.23. The lowest BCUT2D eigenvalue weighted by Crippen LogP contribution is -2.23. The van der Waals surface area contributed by atoms with Gasteiger partial charge in [0.05, 0.1) is 10.3 Å². The van der Waals surface area contributed by atoms with Crippen LogP contribution in [0.1, 0.15) is 28.7 Å². The lowest BCUT2D eigenvalue weighted by molar-refractivity contribution is -0.306. The summed E-state index contributed by atoms with van der Waals surface area (Å²) in [6.45, 7) is 1.81. The van der Waals surface area contributed by atoms with Crippen molar-refractivity contribution in [2.24, 2.45) is 7.05 Å². The van der Waals surface area contributed by atoms with E-state index < -0.39 is 11.9 Å². The first-order chi connectivity index (χ1) is 9.82. The summed E-state index contributed by atoms with van der Waals surface area (Å²) < 4.78 is 1.36. The monoisotopic (exact) mass is 350 g/mol. The number of rotatable bonds is 9. The number of aromatic nitrogens is 2. The number of aliphatic carboxylic acids is 2. The summed E-state index contributed by atoms with van der Waals surface area (Å²) in [7, 11) is 1.72. The molecule has 9 heteroatoms. The van der Waals surface area contributed by atoms with Crippen molar-refractivity contribution in [3.8, 4) is 0 Å². The summed E-state index contributed by atoms with van der Waals surface area (Å²) in [5, 5.41) is 25.7. The molecule has 0 fully saturated rings. The number of nitrogens with zero attached hydrogens (tertiary/aromatic N) is 2. The first-order valence-electron chi connectivity index (χ1n) is 6.14. The number of hydrogen-bond donors (Lipinski definition) is 0. The fourth-order valence-corrected chi connectivity index (χ4v) is 4.90.